The van der Waals surface area contributed by atoms with Gasteiger partial charge in [-0.1, -0.05) is 18.1 Å². The maximum absolute atomic E-state index is 10.0. The number of rotatable bonds is 2. The fourth-order valence-corrected chi connectivity index (χ4v) is 1.40. The molecule has 0 bridgehead atoms. The fourth-order valence-electron chi connectivity index (χ4n) is 1.40. The van der Waals surface area contributed by atoms with Gasteiger partial charge >= 0.3 is 0 Å². The summed E-state index contributed by atoms with van der Waals surface area (Å²) < 4.78 is 0. The van der Waals surface area contributed by atoms with Crippen LogP contribution in [0.2, 0.25) is 0 Å². The van der Waals surface area contributed by atoms with E-state index < -0.39 is 5.60 Å². The summed E-state index contributed by atoms with van der Waals surface area (Å²) in [5, 5.41) is 10.0. The SMILES string of the molecule is CC#CC(C)(O)c1ccc(N(C)C)cc1. The molecule has 0 aliphatic rings. The average molecular weight is 203 g/mol. The van der Waals surface area contributed by atoms with Crippen LogP contribution in [0.1, 0.15) is 19.4 Å². The Hall–Kier alpha value is -1.46. The fraction of sp³-hybridized carbons (Fsp3) is 0.385. The molecule has 0 saturated heterocycles. The van der Waals surface area contributed by atoms with Gasteiger partial charge in [0.1, 0.15) is 5.60 Å². The topological polar surface area (TPSA) is 23.5 Å². The van der Waals surface area contributed by atoms with Crippen molar-refractivity contribution in [2.24, 2.45) is 0 Å². The van der Waals surface area contributed by atoms with Gasteiger partial charge in [-0.3, -0.25) is 0 Å². The van der Waals surface area contributed by atoms with Crippen LogP contribution in [0.4, 0.5) is 5.69 Å². The van der Waals surface area contributed by atoms with E-state index in [9.17, 15) is 5.11 Å². The van der Waals surface area contributed by atoms with Crippen LogP contribution in [0.15, 0.2) is 24.3 Å². The summed E-state index contributed by atoms with van der Waals surface area (Å²) in [6.45, 7) is 3.43. The number of benzene rings is 1. The van der Waals surface area contributed by atoms with Crippen LogP contribution < -0.4 is 4.90 Å². The van der Waals surface area contributed by atoms with E-state index in [1.54, 1.807) is 13.8 Å². The standard InChI is InChI=1S/C13H17NO/c1-5-10-13(2,15)11-6-8-12(9-7-11)14(3)4/h6-9,15H,1-4H3. The van der Waals surface area contributed by atoms with Crippen molar-refractivity contribution in [3.63, 3.8) is 0 Å². The third-order valence-corrected chi connectivity index (χ3v) is 2.31. The zero-order chi connectivity index (χ0) is 11.5. The van der Waals surface area contributed by atoms with Crippen molar-refractivity contribution in [2.75, 3.05) is 19.0 Å². The van der Waals surface area contributed by atoms with E-state index in [1.807, 2.05) is 43.3 Å². The van der Waals surface area contributed by atoms with Crippen LogP contribution in [-0.4, -0.2) is 19.2 Å². The first-order valence-electron chi connectivity index (χ1n) is 4.91. The minimum absolute atomic E-state index is 0.822. The minimum atomic E-state index is -1.06. The van der Waals surface area contributed by atoms with Crippen molar-refractivity contribution in [3.8, 4) is 11.8 Å². The van der Waals surface area contributed by atoms with Crippen LogP contribution in [0, 0.1) is 11.8 Å². The Labute approximate surface area is 91.5 Å². The van der Waals surface area contributed by atoms with Gasteiger partial charge in [-0.25, -0.2) is 0 Å². The number of nitrogens with zero attached hydrogens (tertiary/aromatic N) is 1. The minimum Gasteiger partial charge on any atom is -0.378 e. The normalized spacial score (nSPS) is 13.7. The summed E-state index contributed by atoms with van der Waals surface area (Å²) in [5.41, 5.74) is 0.876. The number of aliphatic hydroxyl groups is 1. The van der Waals surface area contributed by atoms with Crippen molar-refractivity contribution in [1.29, 1.82) is 0 Å². The van der Waals surface area contributed by atoms with Crippen LogP contribution in [0.25, 0.3) is 0 Å². The zero-order valence-electron chi connectivity index (χ0n) is 9.70. The molecular formula is C13H17NO. The van der Waals surface area contributed by atoms with E-state index in [4.69, 9.17) is 0 Å². The van der Waals surface area contributed by atoms with Crippen LogP contribution in [0.3, 0.4) is 0 Å². The molecular weight excluding hydrogens is 186 g/mol. The molecule has 1 N–H and O–H groups in total. The van der Waals surface area contributed by atoms with Gasteiger partial charge in [0.05, 0.1) is 0 Å². The second-order valence-electron chi connectivity index (χ2n) is 3.89. The van der Waals surface area contributed by atoms with Crippen LogP contribution >= 0.6 is 0 Å². The van der Waals surface area contributed by atoms with E-state index in [1.165, 1.54) is 0 Å². The Morgan fingerprint density at radius 3 is 2.13 bits per heavy atom. The van der Waals surface area contributed by atoms with Crippen LogP contribution in [0.5, 0.6) is 0 Å². The lowest BCUT2D eigenvalue weighted by Gasteiger charge is -2.19. The Balaban J connectivity index is 3.02. The van der Waals surface area contributed by atoms with Crippen molar-refractivity contribution in [2.45, 2.75) is 19.4 Å². The number of anilines is 1. The predicted octanol–water partition coefficient (Wildman–Crippen LogP) is 1.98. The molecule has 15 heavy (non-hydrogen) atoms. The van der Waals surface area contributed by atoms with Gasteiger partial charge in [0.15, 0.2) is 0 Å². The molecule has 1 atom stereocenters. The van der Waals surface area contributed by atoms with Gasteiger partial charge in [0, 0.05) is 19.8 Å². The Bertz CT molecular complexity index is 379. The molecule has 2 heteroatoms. The molecule has 1 aromatic carbocycles. The summed E-state index contributed by atoms with van der Waals surface area (Å²) in [4.78, 5) is 2.02. The predicted molar refractivity (Wildman–Crippen MR) is 63.8 cm³/mol. The molecule has 1 rings (SSSR count). The molecule has 0 heterocycles. The number of hydrogen-bond donors (Lipinski definition) is 1. The highest BCUT2D eigenvalue weighted by Gasteiger charge is 2.19. The molecule has 0 aliphatic heterocycles. The third-order valence-electron chi connectivity index (χ3n) is 2.31. The zero-order valence-corrected chi connectivity index (χ0v) is 9.70. The van der Waals surface area contributed by atoms with Gasteiger partial charge in [0.25, 0.3) is 0 Å². The summed E-state index contributed by atoms with van der Waals surface area (Å²) in [7, 11) is 3.97. The quantitative estimate of drug-likeness (QED) is 0.743. The first kappa shape index (κ1) is 11.6. The highest BCUT2D eigenvalue weighted by atomic mass is 16.3. The largest absolute Gasteiger partial charge is 0.378 e. The summed E-state index contributed by atoms with van der Waals surface area (Å²) in [6, 6.07) is 7.75. The van der Waals surface area contributed by atoms with Crippen molar-refractivity contribution in [3.05, 3.63) is 29.8 Å². The molecule has 0 saturated carbocycles. The van der Waals surface area contributed by atoms with Gasteiger partial charge in [-0.15, -0.1) is 5.92 Å². The van der Waals surface area contributed by atoms with E-state index in [-0.39, 0.29) is 0 Å². The summed E-state index contributed by atoms with van der Waals surface area (Å²) >= 11 is 0. The second-order valence-corrected chi connectivity index (χ2v) is 3.89. The van der Waals surface area contributed by atoms with E-state index in [0.717, 1.165) is 11.3 Å². The maximum atomic E-state index is 10.0. The summed E-state index contributed by atoms with van der Waals surface area (Å²) in [5.74, 6) is 5.51. The van der Waals surface area contributed by atoms with E-state index in [2.05, 4.69) is 11.8 Å². The van der Waals surface area contributed by atoms with Gasteiger partial charge in [-0.05, 0) is 31.5 Å². The van der Waals surface area contributed by atoms with E-state index in [0.29, 0.717) is 0 Å². The molecule has 0 fully saturated rings. The highest BCUT2D eigenvalue weighted by molar-refractivity contribution is 5.47. The highest BCUT2D eigenvalue weighted by Crippen LogP contribution is 2.22. The molecule has 2 nitrogen and oxygen atoms in total. The van der Waals surface area contributed by atoms with Crippen molar-refractivity contribution in [1.82, 2.24) is 0 Å². The smallest absolute Gasteiger partial charge is 0.148 e. The first-order valence-corrected chi connectivity index (χ1v) is 4.91. The number of hydrogen-bond acceptors (Lipinski definition) is 2. The summed E-state index contributed by atoms with van der Waals surface area (Å²) in [6.07, 6.45) is 0. The Morgan fingerprint density at radius 2 is 1.73 bits per heavy atom. The van der Waals surface area contributed by atoms with Gasteiger partial charge < -0.3 is 10.0 Å². The molecule has 0 radical (unpaired) electrons. The Kier molecular flexibility index (Phi) is 3.39. The molecule has 0 amide bonds. The lowest BCUT2D eigenvalue weighted by Crippen LogP contribution is -2.18. The van der Waals surface area contributed by atoms with E-state index >= 15 is 0 Å². The molecule has 80 valence electrons. The molecule has 1 aromatic rings. The monoisotopic (exact) mass is 203 g/mol. The van der Waals surface area contributed by atoms with Gasteiger partial charge in [-0.2, -0.15) is 0 Å². The molecule has 0 aromatic heterocycles. The lowest BCUT2D eigenvalue weighted by atomic mass is 9.96. The van der Waals surface area contributed by atoms with Crippen molar-refractivity contribution >= 4 is 5.69 Å². The first-order chi connectivity index (χ1) is 6.97. The van der Waals surface area contributed by atoms with Crippen molar-refractivity contribution < 1.29 is 5.11 Å². The maximum Gasteiger partial charge on any atom is 0.148 e. The third kappa shape index (κ3) is 2.74. The Morgan fingerprint density at radius 1 is 1.20 bits per heavy atom. The second kappa shape index (κ2) is 4.37. The molecule has 1 unspecified atom stereocenters. The lowest BCUT2D eigenvalue weighted by molar-refractivity contribution is 0.122. The van der Waals surface area contributed by atoms with Crippen LogP contribution in [-0.2, 0) is 5.60 Å². The average Bonchev–Trinajstić information content (AvgIpc) is 2.18. The molecule has 0 spiro atoms. The molecule has 0 aliphatic carbocycles. The van der Waals surface area contributed by atoms with Gasteiger partial charge in [0.2, 0.25) is 0 Å².